The van der Waals surface area contributed by atoms with Crippen LogP contribution in [0.3, 0.4) is 0 Å². The number of aliphatic hydroxyl groups is 4. The van der Waals surface area contributed by atoms with Crippen molar-refractivity contribution in [1.82, 2.24) is 0 Å². The Morgan fingerprint density at radius 2 is 1.81 bits per heavy atom. The van der Waals surface area contributed by atoms with Gasteiger partial charge in [0.15, 0.2) is 5.79 Å². The van der Waals surface area contributed by atoms with Crippen LogP contribution in [0, 0.1) is 5.41 Å². The summed E-state index contributed by atoms with van der Waals surface area (Å²) < 4.78 is 9.93. The first-order valence-corrected chi connectivity index (χ1v) is 6.63. The quantitative estimate of drug-likeness (QED) is 0.198. The third-order valence-electron chi connectivity index (χ3n) is 3.76. The summed E-state index contributed by atoms with van der Waals surface area (Å²) in [6.07, 6.45) is -0.281. The summed E-state index contributed by atoms with van der Waals surface area (Å²) >= 11 is 0. The second-order valence-electron chi connectivity index (χ2n) is 5.57. The maximum absolute atomic E-state index is 10.9. The summed E-state index contributed by atoms with van der Waals surface area (Å²) in [5.74, 6) is -2.70. The molecule has 0 heterocycles. The molecule has 3 atom stereocenters. The van der Waals surface area contributed by atoms with Crippen LogP contribution in [0.1, 0.15) is 27.7 Å². The number of carbonyl (C=O) groups is 1. The number of esters is 1. The Morgan fingerprint density at radius 1 is 1.29 bits per heavy atom. The number of ether oxygens (including phenoxy) is 2. The number of carbonyl (C=O) groups excluding carboxylic acids is 1. The molecule has 0 aromatic rings. The van der Waals surface area contributed by atoms with Gasteiger partial charge in [0.1, 0.15) is 12.0 Å². The van der Waals surface area contributed by atoms with Crippen LogP contribution in [-0.2, 0) is 14.3 Å². The lowest BCUT2D eigenvalue weighted by Gasteiger charge is -2.52. The molecule has 21 heavy (non-hydrogen) atoms. The molecule has 0 rings (SSSR count). The summed E-state index contributed by atoms with van der Waals surface area (Å²) in [5, 5.41) is 40.3. The van der Waals surface area contributed by atoms with Crippen molar-refractivity contribution in [1.29, 1.82) is 0 Å². The van der Waals surface area contributed by atoms with E-state index in [0.717, 1.165) is 6.08 Å². The Morgan fingerprint density at radius 3 is 2.14 bits per heavy atom. The summed E-state index contributed by atoms with van der Waals surface area (Å²) in [6, 6.07) is 0. The van der Waals surface area contributed by atoms with Crippen molar-refractivity contribution in [2.24, 2.45) is 5.41 Å². The van der Waals surface area contributed by atoms with Gasteiger partial charge in [-0.15, -0.1) is 0 Å². The maximum atomic E-state index is 10.9. The molecule has 124 valence electrons. The SMILES string of the molecule is C=CC(=O)OCCOC(C)(O)C(CO)(C(C)O)C(C)(C)O. The van der Waals surface area contributed by atoms with E-state index in [4.69, 9.17) is 9.47 Å². The molecule has 0 amide bonds. The van der Waals surface area contributed by atoms with Gasteiger partial charge in [0.05, 0.1) is 24.9 Å². The lowest BCUT2D eigenvalue weighted by atomic mass is 9.65. The largest absolute Gasteiger partial charge is 0.460 e. The van der Waals surface area contributed by atoms with E-state index in [-0.39, 0.29) is 13.2 Å². The molecule has 0 saturated heterocycles. The van der Waals surface area contributed by atoms with Gasteiger partial charge in [-0.2, -0.15) is 0 Å². The van der Waals surface area contributed by atoms with Crippen molar-refractivity contribution in [2.45, 2.75) is 45.2 Å². The molecule has 0 spiro atoms. The molecule has 0 aliphatic heterocycles. The van der Waals surface area contributed by atoms with E-state index in [1.165, 1.54) is 27.7 Å². The van der Waals surface area contributed by atoms with E-state index in [2.05, 4.69) is 6.58 Å². The number of hydrogen-bond donors (Lipinski definition) is 4. The highest BCUT2D eigenvalue weighted by molar-refractivity contribution is 5.81. The van der Waals surface area contributed by atoms with Gasteiger partial charge in [-0.3, -0.25) is 0 Å². The Bertz CT molecular complexity index is 357. The molecule has 0 bridgehead atoms. The summed E-state index contributed by atoms with van der Waals surface area (Å²) in [5.41, 5.74) is -3.39. The van der Waals surface area contributed by atoms with E-state index < -0.39 is 35.5 Å². The number of hydrogen-bond acceptors (Lipinski definition) is 7. The molecule has 0 saturated carbocycles. The Hall–Kier alpha value is -0.990. The van der Waals surface area contributed by atoms with Crippen molar-refractivity contribution in [3.05, 3.63) is 12.7 Å². The van der Waals surface area contributed by atoms with Gasteiger partial charge in [-0.05, 0) is 27.7 Å². The Labute approximate surface area is 124 Å². The van der Waals surface area contributed by atoms with E-state index in [0.29, 0.717) is 0 Å². The molecule has 0 aliphatic carbocycles. The first-order valence-electron chi connectivity index (χ1n) is 6.63. The molecular formula is C14H26O7. The minimum atomic E-state index is -2.06. The smallest absolute Gasteiger partial charge is 0.330 e. The lowest BCUT2D eigenvalue weighted by molar-refractivity contribution is -0.335. The van der Waals surface area contributed by atoms with E-state index >= 15 is 0 Å². The predicted octanol–water partition coefficient (Wildman–Crippen LogP) is -0.429. The Kier molecular flexibility index (Phi) is 6.98. The highest BCUT2D eigenvalue weighted by Crippen LogP contribution is 2.45. The minimum Gasteiger partial charge on any atom is -0.460 e. The fourth-order valence-electron chi connectivity index (χ4n) is 2.51. The monoisotopic (exact) mass is 306 g/mol. The number of rotatable bonds is 9. The minimum absolute atomic E-state index is 0.145. The molecule has 4 N–H and O–H groups in total. The van der Waals surface area contributed by atoms with Crippen molar-refractivity contribution in [3.8, 4) is 0 Å². The highest BCUT2D eigenvalue weighted by Gasteiger charge is 2.60. The van der Waals surface area contributed by atoms with Crippen LogP contribution in [0.4, 0.5) is 0 Å². The van der Waals surface area contributed by atoms with Crippen molar-refractivity contribution in [3.63, 3.8) is 0 Å². The predicted molar refractivity (Wildman–Crippen MR) is 75.2 cm³/mol. The average Bonchev–Trinajstić information content (AvgIpc) is 2.32. The van der Waals surface area contributed by atoms with Gasteiger partial charge >= 0.3 is 5.97 Å². The van der Waals surface area contributed by atoms with Crippen LogP contribution in [0.15, 0.2) is 12.7 Å². The standard InChI is InChI=1S/C14H26O7/c1-6-11(17)20-7-8-21-13(5,19)14(9-15,10(2)16)12(3,4)18/h6,10,15-16,18-19H,1,7-9H2,2-5H3. The molecule has 3 unspecified atom stereocenters. The summed E-state index contributed by atoms with van der Waals surface area (Å²) in [7, 11) is 0. The second kappa shape index (κ2) is 7.33. The molecule has 0 radical (unpaired) electrons. The van der Waals surface area contributed by atoms with Crippen LogP contribution >= 0.6 is 0 Å². The number of aliphatic hydroxyl groups excluding tert-OH is 2. The van der Waals surface area contributed by atoms with Gasteiger partial charge in [-0.1, -0.05) is 6.58 Å². The van der Waals surface area contributed by atoms with E-state index in [9.17, 15) is 25.2 Å². The molecule has 0 aromatic heterocycles. The van der Waals surface area contributed by atoms with Gasteiger partial charge in [0, 0.05) is 6.08 Å². The second-order valence-corrected chi connectivity index (χ2v) is 5.57. The molecular weight excluding hydrogens is 280 g/mol. The van der Waals surface area contributed by atoms with Crippen LogP contribution < -0.4 is 0 Å². The summed E-state index contributed by atoms with van der Waals surface area (Å²) in [4.78, 5) is 10.9. The van der Waals surface area contributed by atoms with Gasteiger partial charge in [0.25, 0.3) is 0 Å². The van der Waals surface area contributed by atoms with Crippen molar-refractivity contribution in [2.75, 3.05) is 19.8 Å². The first-order chi connectivity index (χ1) is 9.46. The van der Waals surface area contributed by atoms with E-state index in [1.54, 1.807) is 0 Å². The topological polar surface area (TPSA) is 116 Å². The summed E-state index contributed by atoms with van der Waals surface area (Å²) in [6.45, 7) is 7.46. The van der Waals surface area contributed by atoms with Crippen LogP contribution in [0.2, 0.25) is 0 Å². The van der Waals surface area contributed by atoms with Gasteiger partial charge < -0.3 is 29.9 Å². The van der Waals surface area contributed by atoms with Crippen LogP contribution in [0.5, 0.6) is 0 Å². The van der Waals surface area contributed by atoms with Gasteiger partial charge in [0.2, 0.25) is 0 Å². The fourth-order valence-corrected chi connectivity index (χ4v) is 2.51. The van der Waals surface area contributed by atoms with Crippen LogP contribution in [-0.4, -0.2) is 63.7 Å². The van der Waals surface area contributed by atoms with E-state index in [1.807, 2.05) is 0 Å². The lowest BCUT2D eigenvalue weighted by Crippen LogP contribution is -2.66. The zero-order valence-corrected chi connectivity index (χ0v) is 13.0. The molecule has 0 aromatic carbocycles. The third-order valence-corrected chi connectivity index (χ3v) is 3.76. The zero-order valence-electron chi connectivity index (χ0n) is 13.0. The first kappa shape index (κ1) is 20.0. The van der Waals surface area contributed by atoms with Crippen molar-refractivity contribution >= 4 is 5.97 Å². The molecule has 0 aliphatic rings. The Balaban J connectivity index is 5.04. The highest BCUT2D eigenvalue weighted by atomic mass is 16.6. The zero-order chi connectivity index (χ0) is 16.9. The van der Waals surface area contributed by atoms with Crippen LogP contribution in [0.25, 0.3) is 0 Å². The van der Waals surface area contributed by atoms with Crippen molar-refractivity contribution < 1.29 is 34.7 Å². The van der Waals surface area contributed by atoms with Gasteiger partial charge in [-0.25, -0.2) is 4.79 Å². The normalized spacial score (nSPS) is 19.2. The maximum Gasteiger partial charge on any atom is 0.330 e. The molecule has 7 heteroatoms. The third kappa shape index (κ3) is 4.24. The fraction of sp³-hybridized carbons (Fsp3) is 0.786. The average molecular weight is 306 g/mol. The molecule has 7 nitrogen and oxygen atoms in total. The molecule has 0 fully saturated rings.